The summed E-state index contributed by atoms with van der Waals surface area (Å²) >= 11 is 0. The molecule has 0 saturated carbocycles. The summed E-state index contributed by atoms with van der Waals surface area (Å²) in [6.45, 7) is 0.432. The molecule has 0 aliphatic carbocycles. The second-order valence-electron chi connectivity index (χ2n) is 5.02. The number of furan rings is 1. The lowest BCUT2D eigenvalue weighted by Gasteiger charge is -2.18. The monoisotopic (exact) mass is 300 g/mol. The average Bonchev–Trinajstić information content (AvgIpc) is 3.04. The maximum Gasteiger partial charge on any atom is 0.262 e. The van der Waals surface area contributed by atoms with Crippen LogP contribution in [0.5, 0.6) is 5.75 Å². The second-order valence-corrected chi connectivity index (χ2v) is 5.02. The zero-order chi connectivity index (χ0) is 15.4. The van der Waals surface area contributed by atoms with E-state index in [2.05, 4.69) is 10.6 Å². The molecule has 2 amide bonds. The molecule has 0 fully saturated rings. The Morgan fingerprint density at radius 1 is 1.32 bits per heavy atom. The Balaban J connectivity index is 1.52. The number of fused-ring (bicyclic) bond motifs is 1. The van der Waals surface area contributed by atoms with Gasteiger partial charge in [0.05, 0.1) is 18.5 Å². The molecule has 0 bridgehead atoms. The number of aryl methyl sites for hydroxylation is 1. The van der Waals surface area contributed by atoms with Gasteiger partial charge in [-0.15, -0.1) is 0 Å². The van der Waals surface area contributed by atoms with Crippen LogP contribution in [0.4, 0.5) is 5.69 Å². The lowest BCUT2D eigenvalue weighted by Crippen LogP contribution is -2.25. The van der Waals surface area contributed by atoms with Gasteiger partial charge in [0.25, 0.3) is 5.91 Å². The van der Waals surface area contributed by atoms with Crippen molar-refractivity contribution < 1.29 is 18.7 Å². The number of hydrogen-bond acceptors (Lipinski definition) is 4. The van der Waals surface area contributed by atoms with Gasteiger partial charge in [-0.2, -0.15) is 0 Å². The van der Waals surface area contributed by atoms with Crippen LogP contribution >= 0.6 is 0 Å². The van der Waals surface area contributed by atoms with Crippen molar-refractivity contribution in [2.45, 2.75) is 19.4 Å². The Hall–Kier alpha value is -2.76. The second kappa shape index (κ2) is 6.34. The van der Waals surface area contributed by atoms with Crippen molar-refractivity contribution in [1.29, 1.82) is 0 Å². The van der Waals surface area contributed by atoms with Gasteiger partial charge in [-0.25, -0.2) is 0 Å². The summed E-state index contributed by atoms with van der Waals surface area (Å²) in [7, 11) is 0. The van der Waals surface area contributed by atoms with E-state index < -0.39 is 0 Å². The van der Waals surface area contributed by atoms with Gasteiger partial charge >= 0.3 is 0 Å². The molecule has 3 rings (SSSR count). The zero-order valence-corrected chi connectivity index (χ0v) is 11.9. The predicted molar refractivity (Wildman–Crippen MR) is 79.4 cm³/mol. The van der Waals surface area contributed by atoms with Gasteiger partial charge in [-0.3, -0.25) is 9.59 Å². The van der Waals surface area contributed by atoms with E-state index in [0.29, 0.717) is 30.8 Å². The maximum absolute atomic E-state index is 11.8. The summed E-state index contributed by atoms with van der Waals surface area (Å²) in [5.74, 6) is 1.17. The molecular weight excluding hydrogens is 284 g/mol. The predicted octanol–water partition coefficient (Wildman–Crippen LogP) is 1.86. The number of hydrogen-bond donors (Lipinski definition) is 2. The van der Waals surface area contributed by atoms with Crippen LogP contribution in [-0.4, -0.2) is 18.4 Å². The standard InChI is InChI=1S/C16H16N2O4/c19-15(17-9-12-2-1-7-21-12)6-4-11-3-5-14-13(8-11)18-16(20)10-22-14/h1-3,5,7-8H,4,6,9-10H2,(H,17,19)(H,18,20). The summed E-state index contributed by atoms with van der Waals surface area (Å²) in [5, 5.41) is 5.55. The number of ether oxygens (including phenoxy) is 1. The molecule has 1 aromatic carbocycles. The topological polar surface area (TPSA) is 80.6 Å². The molecule has 0 atom stereocenters. The van der Waals surface area contributed by atoms with Crippen molar-refractivity contribution in [2.75, 3.05) is 11.9 Å². The van der Waals surface area contributed by atoms with Crippen molar-refractivity contribution in [3.05, 3.63) is 47.9 Å². The molecule has 1 aliphatic rings. The first-order valence-corrected chi connectivity index (χ1v) is 7.05. The molecule has 0 radical (unpaired) electrons. The molecule has 0 spiro atoms. The smallest absolute Gasteiger partial charge is 0.262 e. The van der Waals surface area contributed by atoms with Gasteiger partial charge in [-0.1, -0.05) is 6.07 Å². The molecule has 6 heteroatoms. The van der Waals surface area contributed by atoms with Crippen LogP contribution in [0.25, 0.3) is 0 Å². The molecule has 1 aromatic heterocycles. The largest absolute Gasteiger partial charge is 0.482 e. The fraction of sp³-hybridized carbons (Fsp3) is 0.250. The fourth-order valence-electron chi connectivity index (χ4n) is 2.23. The first-order chi connectivity index (χ1) is 10.7. The molecule has 0 saturated heterocycles. The minimum absolute atomic E-state index is 0.0432. The molecule has 2 heterocycles. The Kier molecular flexibility index (Phi) is 4.09. The number of carbonyl (C=O) groups is 2. The zero-order valence-electron chi connectivity index (χ0n) is 11.9. The summed E-state index contributed by atoms with van der Waals surface area (Å²) in [6.07, 6.45) is 2.53. The van der Waals surface area contributed by atoms with Crippen molar-refractivity contribution in [3.63, 3.8) is 0 Å². The fourth-order valence-corrected chi connectivity index (χ4v) is 2.23. The van der Waals surface area contributed by atoms with Crippen molar-refractivity contribution in [2.24, 2.45) is 0 Å². The maximum atomic E-state index is 11.8. The third kappa shape index (κ3) is 3.46. The summed E-state index contributed by atoms with van der Waals surface area (Å²) in [4.78, 5) is 23.1. The molecule has 0 unspecified atom stereocenters. The summed E-state index contributed by atoms with van der Waals surface area (Å²) < 4.78 is 10.4. The van der Waals surface area contributed by atoms with Gasteiger partial charge in [0.2, 0.25) is 5.91 Å². The van der Waals surface area contributed by atoms with Gasteiger partial charge in [0.1, 0.15) is 11.5 Å². The normalized spacial score (nSPS) is 13.0. The Bertz CT molecular complexity index is 679. The molecule has 2 aromatic rings. The van der Waals surface area contributed by atoms with Crippen LogP contribution in [0.15, 0.2) is 41.0 Å². The van der Waals surface area contributed by atoms with Crippen LogP contribution in [0.2, 0.25) is 0 Å². The minimum atomic E-state index is -0.166. The molecule has 2 N–H and O–H groups in total. The Morgan fingerprint density at radius 2 is 2.23 bits per heavy atom. The van der Waals surface area contributed by atoms with Crippen LogP contribution in [0, 0.1) is 0 Å². The molecule has 22 heavy (non-hydrogen) atoms. The number of benzene rings is 1. The van der Waals surface area contributed by atoms with E-state index in [1.807, 2.05) is 24.3 Å². The summed E-state index contributed by atoms with van der Waals surface area (Å²) in [5.41, 5.74) is 1.63. The SMILES string of the molecule is O=C(CCc1ccc2c(c1)NC(=O)CO2)NCc1ccco1. The van der Waals surface area contributed by atoms with Gasteiger partial charge in [0.15, 0.2) is 6.61 Å². The van der Waals surface area contributed by atoms with E-state index in [-0.39, 0.29) is 18.4 Å². The number of anilines is 1. The molecular formula is C16H16N2O4. The Labute approximate surface area is 127 Å². The molecule has 6 nitrogen and oxygen atoms in total. The highest BCUT2D eigenvalue weighted by Gasteiger charge is 2.16. The molecule has 114 valence electrons. The number of carbonyl (C=O) groups excluding carboxylic acids is 2. The van der Waals surface area contributed by atoms with E-state index in [9.17, 15) is 9.59 Å². The van der Waals surface area contributed by atoms with Crippen LogP contribution in [0.3, 0.4) is 0 Å². The lowest BCUT2D eigenvalue weighted by atomic mass is 10.1. The third-order valence-electron chi connectivity index (χ3n) is 3.36. The lowest BCUT2D eigenvalue weighted by molar-refractivity contribution is -0.121. The van der Waals surface area contributed by atoms with E-state index in [1.54, 1.807) is 12.3 Å². The number of rotatable bonds is 5. The highest BCUT2D eigenvalue weighted by molar-refractivity contribution is 5.95. The van der Waals surface area contributed by atoms with E-state index in [4.69, 9.17) is 9.15 Å². The highest BCUT2D eigenvalue weighted by Crippen LogP contribution is 2.28. The van der Waals surface area contributed by atoms with Crippen molar-refractivity contribution >= 4 is 17.5 Å². The summed E-state index contributed by atoms with van der Waals surface area (Å²) in [6, 6.07) is 9.14. The number of amides is 2. The highest BCUT2D eigenvalue weighted by atomic mass is 16.5. The van der Waals surface area contributed by atoms with Crippen molar-refractivity contribution in [1.82, 2.24) is 5.32 Å². The van der Waals surface area contributed by atoms with E-state index in [1.165, 1.54) is 0 Å². The van der Waals surface area contributed by atoms with Crippen LogP contribution in [0.1, 0.15) is 17.7 Å². The van der Waals surface area contributed by atoms with Crippen LogP contribution < -0.4 is 15.4 Å². The van der Waals surface area contributed by atoms with Crippen molar-refractivity contribution in [3.8, 4) is 5.75 Å². The van der Waals surface area contributed by atoms with Crippen LogP contribution in [-0.2, 0) is 22.6 Å². The molecule has 1 aliphatic heterocycles. The number of nitrogens with one attached hydrogen (secondary N) is 2. The average molecular weight is 300 g/mol. The quantitative estimate of drug-likeness (QED) is 0.883. The first-order valence-electron chi connectivity index (χ1n) is 7.05. The first kappa shape index (κ1) is 14.2. The third-order valence-corrected chi connectivity index (χ3v) is 3.36. The minimum Gasteiger partial charge on any atom is -0.482 e. The van der Waals surface area contributed by atoms with E-state index >= 15 is 0 Å². The van der Waals surface area contributed by atoms with Gasteiger partial charge in [0, 0.05) is 6.42 Å². The van der Waals surface area contributed by atoms with Gasteiger partial charge < -0.3 is 19.8 Å². The Morgan fingerprint density at radius 3 is 3.05 bits per heavy atom. The van der Waals surface area contributed by atoms with E-state index in [0.717, 1.165) is 11.3 Å². The van der Waals surface area contributed by atoms with Gasteiger partial charge in [-0.05, 0) is 36.2 Å².